The molecular weight excluding hydrogens is 387 g/mol. The molecule has 2 N–H and O–H groups in total. The topological polar surface area (TPSA) is 107 Å². The van der Waals surface area contributed by atoms with Crippen molar-refractivity contribution in [2.75, 3.05) is 31.2 Å². The summed E-state index contributed by atoms with van der Waals surface area (Å²) in [6, 6.07) is 7.94. The van der Waals surface area contributed by atoms with Crippen molar-refractivity contribution in [3.8, 4) is 28.7 Å². The second-order valence-electron chi connectivity index (χ2n) is 7.05. The van der Waals surface area contributed by atoms with Crippen molar-refractivity contribution in [1.82, 2.24) is 20.3 Å². The summed E-state index contributed by atoms with van der Waals surface area (Å²) in [6.07, 6.45) is 1.71. The molecule has 3 aromatic rings. The first kappa shape index (κ1) is 18.3. The number of aromatic nitrogens is 3. The van der Waals surface area contributed by atoms with E-state index in [9.17, 15) is 14.4 Å². The summed E-state index contributed by atoms with van der Waals surface area (Å²) in [7, 11) is 0. The first-order valence-electron chi connectivity index (χ1n) is 9.55. The molecule has 0 atom stereocenters. The number of halogens is 1. The fraction of sp³-hybridized carbons (Fsp3) is 0.238. The number of amides is 1. The number of H-pyrrole nitrogens is 1. The number of hydrogen-bond acceptors (Lipinski definition) is 6. The number of morpholine rings is 1. The van der Waals surface area contributed by atoms with Gasteiger partial charge >= 0.3 is 0 Å². The summed E-state index contributed by atoms with van der Waals surface area (Å²) in [4.78, 5) is 26.8. The van der Waals surface area contributed by atoms with Gasteiger partial charge in [-0.05, 0) is 18.2 Å². The van der Waals surface area contributed by atoms with Crippen molar-refractivity contribution in [1.29, 1.82) is 5.26 Å². The van der Waals surface area contributed by atoms with Gasteiger partial charge in [-0.1, -0.05) is 6.07 Å². The molecule has 2 aromatic heterocycles. The Kier molecular flexibility index (Phi) is 4.41. The average Bonchev–Trinajstić information content (AvgIpc) is 3.41. The number of pyridine rings is 1. The average molecular weight is 404 g/mol. The molecule has 0 aliphatic carbocycles. The molecule has 1 fully saturated rings. The molecule has 2 aliphatic heterocycles. The van der Waals surface area contributed by atoms with Crippen LogP contribution < -0.4 is 10.2 Å². The summed E-state index contributed by atoms with van der Waals surface area (Å²) in [5, 5.41) is 12.2. The van der Waals surface area contributed by atoms with Crippen molar-refractivity contribution in [3.05, 3.63) is 53.1 Å². The van der Waals surface area contributed by atoms with E-state index in [1.807, 2.05) is 6.07 Å². The van der Waals surface area contributed by atoms with Gasteiger partial charge < -0.3 is 19.9 Å². The van der Waals surface area contributed by atoms with Gasteiger partial charge in [0.2, 0.25) is 0 Å². The lowest BCUT2D eigenvalue weighted by atomic mass is 9.99. The molecule has 30 heavy (non-hydrogen) atoms. The Balaban J connectivity index is 1.65. The summed E-state index contributed by atoms with van der Waals surface area (Å²) < 4.78 is 20.0. The van der Waals surface area contributed by atoms with E-state index in [0.29, 0.717) is 41.6 Å². The molecule has 4 heterocycles. The lowest BCUT2D eigenvalue weighted by Crippen LogP contribution is -2.36. The summed E-state index contributed by atoms with van der Waals surface area (Å²) in [5.74, 6) is 0.515. The molecule has 0 unspecified atom stereocenters. The molecule has 5 rings (SSSR count). The van der Waals surface area contributed by atoms with E-state index in [-0.39, 0.29) is 23.6 Å². The Morgan fingerprint density at radius 1 is 1.23 bits per heavy atom. The fourth-order valence-electron chi connectivity index (χ4n) is 3.84. The molecule has 0 spiro atoms. The lowest BCUT2D eigenvalue weighted by molar-refractivity contribution is 0.0966. The normalized spacial score (nSPS) is 15.6. The minimum absolute atomic E-state index is 0.114. The number of imidazole rings is 1. The summed E-state index contributed by atoms with van der Waals surface area (Å²) in [5.41, 5.74) is 2.03. The highest BCUT2D eigenvalue weighted by molar-refractivity contribution is 6.04. The van der Waals surface area contributed by atoms with Crippen molar-refractivity contribution < 1.29 is 13.9 Å². The van der Waals surface area contributed by atoms with E-state index in [4.69, 9.17) is 4.74 Å². The number of nitriles is 1. The quantitative estimate of drug-likeness (QED) is 0.693. The number of hydrogen-bond donors (Lipinski definition) is 2. The first-order valence-corrected chi connectivity index (χ1v) is 9.55. The van der Waals surface area contributed by atoms with Gasteiger partial charge in [-0.15, -0.1) is 0 Å². The van der Waals surface area contributed by atoms with Crippen LogP contribution in [0.2, 0.25) is 0 Å². The minimum Gasteiger partial charge on any atom is -0.378 e. The SMILES string of the molecule is N#Cc1cccc(F)c1-c1cc(-c2ncc(N3CCOCC3)[nH]2)c2c(n1)CNC2=O. The monoisotopic (exact) mass is 404 g/mol. The van der Waals surface area contributed by atoms with Crippen LogP contribution in [-0.4, -0.2) is 47.2 Å². The van der Waals surface area contributed by atoms with Crippen LogP contribution in [0.5, 0.6) is 0 Å². The molecule has 0 radical (unpaired) electrons. The molecule has 8 nitrogen and oxygen atoms in total. The van der Waals surface area contributed by atoms with Crippen molar-refractivity contribution >= 4 is 11.7 Å². The first-order chi connectivity index (χ1) is 14.7. The van der Waals surface area contributed by atoms with Crippen LogP contribution in [0.1, 0.15) is 21.6 Å². The highest BCUT2D eigenvalue weighted by atomic mass is 19.1. The van der Waals surface area contributed by atoms with Crippen LogP contribution in [-0.2, 0) is 11.3 Å². The largest absolute Gasteiger partial charge is 0.378 e. The molecule has 0 bridgehead atoms. The molecule has 2 aliphatic rings. The Labute approximate surface area is 171 Å². The van der Waals surface area contributed by atoms with Crippen LogP contribution in [0.15, 0.2) is 30.5 Å². The van der Waals surface area contributed by atoms with E-state index in [1.165, 1.54) is 12.1 Å². The van der Waals surface area contributed by atoms with Crippen LogP contribution >= 0.6 is 0 Å². The maximum absolute atomic E-state index is 14.6. The van der Waals surface area contributed by atoms with Gasteiger partial charge in [0.1, 0.15) is 17.5 Å². The van der Waals surface area contributed by atoms with Gasteiger partial charge in [0.15, 0.2) is 0 Å². The van der Waals surface area contributed by atoms with Crippen molar-refractivity contribution in [3.63, 3.8) is 0 Å². The van der Waals surface area contributed by atoms with E-state index in [0.717, 1.165) is 18.9 Å². The van der Waals surface area contributed by atoms with Gasteiger partial charge in [-0.2, -0.15) is 5.26 Å². The highest BCUT2D eigenvalue weighted by Gasteiger charge is 2.28. The number of aromatic amines is 1. The van der Waals surface area contributed by atoms with Gasteiger partial charge in [0.05, 0.1) is 60.1 Å². The second kappa shape index (κ2) is 7.24. The smallest absolute Gasteiger partial charge is 0.254 e. The molecule has 9 heteroatoms. The second-order valence-corrected chi connectivity index (χ2v) is 7.05. The molecule has 1 amide bonds. The maximum Gasteiger partial charge on any atom is 0.254 e. The number of carbonyl (C=O) groups excluding carboxylic acids is 1. The standard InChI is InChI=1S/C21H17FN6O2/c22-14-3-1-2-12(9-23)18(14)15-8-13(19-16(26-15)10-25-21(19)29)20-24-11-17(27-20)28-4-6-30-7-5-28/h1-3,8,11H,4-7,10H2,(H,24,27)(H,25,29). The Hall–Kier alpha value is -3.77. The number of nitrogens with one attached hydrogen (secondary N) is 2. The van der Waals surface area contributed by atoms with Gasteiger partial charge in [0.25, 0.3) is 5.91 Å². The predicted molar refractivity (Wildman–Crippen MR) is 106 cm³/mol. The number of carbonyl (C=O) groups is 1. The number of benzene rings is 1. The Morgan fingerprint density at radius 2 is 2.07 bits per heavy atom. The van der Waals surface area contributed by atoms with Gasteiger partial charge in [-0.25, -0.2) is 14.4 Å². The predicted octanol–water partition coefficient (Wildman–Crippen LogP) is 2.23. The minimum atomic E-state index is -0.543. The fourth-order valence-corrected chi connectivity index (χ4v) is 3.84. The van der Waals surface area contributed by atoms with Gasteiger partial charge in [-0.3, -0.25) is 4.79 Å². The Morgan fingerprint density at radius 3 is 2.87 bits per heavy atom. The molecule has 150 valence electrons. The zero-order valence-electron chi connectivity index (χ0n) is 15.9. The van der Waals surface area contributed by atoms with Gasteiger partial charge in [0, 0.05) is 18.7 Å². The Bertz CT molecular complexity index is 1190. The van der Waals surface area contributed by atoms with Crippen molar-refractivity contribution in [2.45, 2.75) is 6.54 Å². The number of anilines is 1. The van der Waals surface area contributed by atoms with Crippen LogP contribution in [0, 0.1) is 17.1 Å². The van der Waals surface area contributed by atoms with Crippen LogP contribution in [0.3, 0.4) is 0 Å². The molecule has 1 saturated heterocycles. The van der Waals surface area contributed by atoms with E-state index in [2.05, 4.69) is 25.2 Å². The van der Waals surface area contributed by atoms with E-state index < -0.39 is 5.82 Å². The molecular formula is C21H17FN6O2. The number of rotatable bonds is 3. The number of ether oxygens (including phenoxy) is 1. The molecule has 1 aromatic carbocycles. The number of fused-ring (bicyclic) bond motifs is 1. The third-order valence-corrected chi connectivity index (χ3v) is 5.30. The maximum atomic E-state index is 14.6. The summed E-state index contributed by atoms with van der Waals surface area (Å²) in [6.45, 7) is 2.99. The number of nitrogens with zero attached hydrogens (tertiary/aromatic N) is 4. The van der Waals surface area contributed by atoms with Crippen LogP contribution in [0.25, 0.3) is 22.6 Å². The summed E-state index contributed by atoms with van der Waals surface area (Å²) >= 11 is 0. The van der Waals surface area contributed by atoms with E-state index in [1.54, 1.807) is 18.3 Å². The third kappa shape index (κ3) is 2.98. The highest BCUT2D eigenvalue weighted by Crippen LogP contribution is 2.34. The van der Waals surface area contributed by atoms with E-state index >= 15 is 0 Å². The zero-order chi connectivity index (χ0) is 20.7. The zero-order valence-corrected chi connectivity index (χ0v) is 15.9. The van der Waals surface area contributed by atoms with Crippen LogP contribution in [0.4, 0.5) is 10.2 Å². The molecule has 0 saturated carbocycles. The third-order valence-electron chi connectivity index (χ3n) is 5.30. The van der Waals surface area contributed by atoms with Crippen molar-refractivity contribution in [2.24, 2.45) is 0 Å². The lowest BCUT2D eigenvalue weighted by Gasteiger charge is -2.26.